The predicted octanol–water partition coefficient (Wildman–Crippen LogP) is 14.9. The van der Waals surface area contributed by atoms with Crippen molar-refractivity contribution in [3.63, 3.8) is 0 Å². The molecule has 0 atom stereocenters. The van der Waals surface area contributed by atoms with Crippen LogP contribution in [-0.2, 0) is 5.41 Å². The Morgan fingerprint density at radius 3 is 1.60 bits per heavy atom. The van der Waals surface area contributed by atoms with E-state index in [-0.39, 0.29) is 0 Å². The molecule has 9 aromatic carbocycles. The summed E-state index contributed by atoms with van der Waals surface area (Å²) in [7, 11) is 0. The monoisotopic (exact) mass is 807 g/mol. The maximum absolute atomic E-state index is 5.47. The lowest BCUT2D eigenvalue weighted by Crippen LogP contribution is -2.29. The molecular formula is C58H37N3S. The Bertz CT molecular complexity index is 3410. The summed E-state index contributed by atoms with van der Waals surface area (Å²) in [5.74, 6) is 1.88. The highest BCUT2D eigenvalue weighted by Crippen LogP contribution is 2.58. The Labute approximate surface area is 364 Å². The number of fused-ring (bicyclic) bond motifs is 6. The summed E-state index contributed by atoms with van der Waals surface area (Å²) in [6.45, 7) is 0. The Hall–Kier alpha value is -7.79. The third kappa shape index (κ3) is 5.76. The lowest BCUT2D eigenvalue weighted by Gasteiger charge is -2.35. The van der Waals surface area contributed by atoms with E-state index in [1.165, 1.54) is 64.7 Å². The molecule has 0 aliphatic heterocycles. The molecule has 0 spiro atoms. The lowest BCUT2D eigenvalue weighted by molar-refractivity contribution is 0.769. The second-order valence-corrected chi connectivity index (χ2v) is 16.9. The van der Waals surface area contributed by atoms with Gasteiger partial charge in [-0.1, -0.05) is 212 Å². The van der Waals surface area contributed by atoms with E-state index in [1.807, 2.05) is 17.4 Å². The van der Waals surface area contributed by atoms with E-state index in [4.69, 9.17) is 15.0 Å². The SMILES string of the molecule is c1ccc(-c2ccc(-c3nc(-c4cccc(-c5cccc6c5sc5ccccc56)c4)nc(-c4cccc5c4C(c4ccccc4)(c4ccccc4)c4ccccc4-5)n3)cc2)cc1. The molecule has 0 N–H and O–H groups in total. The van der Waals surface area contributed by atoms with Gasteiger partial charge < -0.3 is 0 Å². The van der Waals surface area contributed by atoms with E-state index in [1.54, 1.807) is 0 Å². The zero-order chi connectivity index (χ0) is 41.0. The minimum atomic E-state index is -0.627. The van der Waals surface area contributed by atoms with Gasteiger partial charge in [0.25, 0.3) is 0 Å². The molecule has 0 radical (unpaired) electrons. The first-order chi connectivity index (χ1) is 30.7. The second kappa shape index (κ2) is 14.7. The average molecular weight is 808 g/mol. The van der Waals surface area contributed by atoms with E-state index in [0.717, 1.165) is 27.8 Å². The predicted molar refractivity (Wildman–Crippen MR) is 257 cm³/mol. The third-order valence-electron chi connectivity index (χ3n) is 12.4. The van der Waals surface area contributed by atoms with Crippen molar-refractivity contribution in [2.75, 3.05) is 0 Å². The maximum atomic E-state index is 5.47. The van der Waals surface area contributed by atoms with Gasteiger partial charge in [-0.05, 0) is 67.8 Å². The molecule has 62 heavy (non-hydrogen) atoms. The summed E-state index contributed by atoms with van der Waals surface area (Å²) in [6, 6.07) is 80.3. The molecular weight excluding hydrogens is 771 g/mol. The molecule has 12 rings (SSSR count). The quantitative estimate of drug-likeness (QED) is 0.161. The van der Waals surface area contributed by atoms with Gasteiger partial charge in [-0.3, -0.25) is 0 Å². The normalized spacial score (nSPS) is 12.6. The summed E-state index contributed by atoms with van der Waals surface area (Å²) < 4.78 is 2.56. The highest BCUT2D eigenvalue weighted by Gasteiger charge is 2.47. The molecule has 1 aliphatic carbocycles. The van der Waals surface area contributed by atoms with Crippen LogP contribution in [0.1, 0.15) is 22.3 Å². The van der Waals surface area contributed by atoms with Crippen molar-refractivity contribution in [2.45, 2.75) is 5.41 Å². The largest absolute Gasteiger partial charge is 0.208 e. The van der Waals surface area contributed by atoms with Gasteiger partial charge in [0.2, 0.25) is 0 Å². The van der Waals surface area contributed by atoms with Gasteiger partial charge in [0.1, 0.15) is 0 Å². The highest BCUT2D eigenvalue weighted by molar-refractivity contribution is 7.26. The number of hydrogen-bond acceptors (Lipinski definition) is 4. The Morgan fingerprint density at radius 2 is 0.823 bits per heavy atom. The van der Waals surface area contributed by atoms with Crippen molar-refractivity contribution in [3.8, 4) is 67.5 Å². The highest BCUT2D eigenvalue weighted by atomic mass is 32.1. The molecule has 0 saturated carbocycles. The molecule has 4 heteroatoms. The summed E-state index contributed by atoms with van der Waals surface area (Å²) in [4.78, 5) is 16.2. The van der Waals surface area contributed by atoms with Crippen LogP contribution < -0.4 is 0 Å². The molecule has 2 heterocycles. The van der Waals surface area contributed by atoms with Gasteiger partial charge in [-0.15, -0.1) is 11.3 Å². The lowest BCUT2D eigenvalue weighted by atomic mass is 9.66. The molecule has 1 aliphatic rings. The van der Waals surface area contributed by atoms with E-state index in [2.05, 4.69) is 218 Å². The minimum Gasteiger partial charge on any atom is -0.208 e. The number of aromatic nitrogens is 3. The second-order valence-electron chi connectivity index (χ2n) is 15.9. The van der Waals surface area contributed by atoms with Crippen LogP contribution >= 0.6 is 11.3 Å². The first-order valence-corrected chi connectivity index (χ1v) is 21.8. The number of benzene rings is 9. The number of hydrogen-bond donors (Lipinski definition) is 0. The topological polar surface area (TPSA) is 38.7 Å². The molecule has 0 saturated heterocycles. The zero-order valence-electron chi connectivity index (χ0n) is 33.6. The van der Waals surface area contributed by atoms with E-state index in [9.17, 15) is 0 Å². The van der Waals surface area contributed by atoms with Crippen LogP contribution in [0.3, 0.4) is 0 Å². The molecule has 3 nitrogen and oxygen atoms in total. The van der Waals surface area contributed by atoms with E-state index in [0.29, 0.717) is 17.5 Å². The van der Waals surface area contributed by atoms with Gasteiger partial charge in [-0.2, -0.15) is 0 Å². The first-order valence-electron chi connectivity index (χ1n) is 21.0. The fourth-order valence-electron chi connectivity index (χ4n) is 9.69. The number of rotatable bonds is 7. The Kier molecular flexibility index (Phi) is 8.58. The van der Waals surface area contributed by atoms with Gasteiger partial charge in [0.05, 0.1) is 5.41 Å². The molecule has 2 aromatic heterocycles. The van der Waals surface area contributed by atoms with E-state index < -0.39 is 5.41 Å². The van der Waals surface area contributed by atoms with Crippen molar-refractivity contribution in [1.82, 2.24) is 15.0 Å². The van der Waals surface area contributed by atoms with Crippen LogP contribution in [0.4, 0.5) is 0 Å². The van der Waals surface area contributed by atoms with Crippen molar-refractivity contribution < 1.29 is 0 Å². The molecule has 0 fully saturated rings. The average Bonchev–Trinajstić information content (AvgIpc) is 3.89. The summed E-state index contributed by atoms with van der Waals surface area (Å²) >= 11 is 1.84. The minimum absolute atomic E-state index is 0.625. The molecule has 0 bridgehead atoms. The van der Waals surface area contributed by atoms with Gasteiger partial charge in [-0.25, -0.2) is 15.0 Å². The fourth-order valence-corrected chi connectivity index (χ4v) is 10.9. The van der Waals surface area contributed by atoms with Crippen molar-refractivity contribution >= 4 is 31.5 Å². The summed E-state index contributed by atoms with van der Waals surface area (Å²) in [6.07, 6.45) is 0. The molecule has 0 amide bonds. The summed E-state index contributed by atoms with van der Waals surface area (Å²) in [5.41, 5.74) is 14.0. The van der Waals surface area contributed by atoms with Crippen LogP contribution in [-0.4, -0.2) is 15.0 Å². The standard InChI is InChI=1S/C58H37N3S/c1-4-17-38(18-5-1)39-33-35-40(36-34-39)55-59-56(42-20-14-19-41(37-42)45-27-15-29-49-47-26-11-13-32-52(47)62-54(45)49)61-57(60-55)50-30-16-28-48-46-25-10-12-31-51(46)58(53(48)50,43-21-6-2-7-22-43)44-23-8-3-9-24-44/h1-37H. The Morgan fingerprint density at radius 1 is 0.323 bits per heavy atom. The van der Waals surface area contributed by atoms with Crippen LogP contribution in [0.25, 0.3) is 87.7 Å². The molecule has 290 valence electrons. The van der Waals surface area contributed by atoms with Crippen LogP contribution in [0.5, 0.6) is 0 Å². The third-order valence-corrected chi connectivity index (χ3v) is 13.7. The summed E-state index contributed by atoms with van der Waals surface area (Å²) in [5, 5.41) is 2.56. The van der Waals surface area contributed by atoms with Crippen LogP contribution in [0.15, 0.2) is 224 Å². The van der Waals surface area contributed by atoms with Gasteiger partial charge in [0, 0.05) is 36.9 Å². The zero-order valence-corrected chi connectivity index (χ0v) is 34.4. The molecule has 11 aromatic rings. The van der Waals surface area contributed by atoms with Gasteiger partial charge in [0.15, 0.2) is 17.5 Å². The Balaban J connectivity index is 1.10. The van der Waals surface area contributed by atoms with Crippen LogP contribution in [0.2, 0.25) is 0 Å². The smallest absolute Gasteiger partial charge is 0.164 e. The number of thiophene rings is 1. The van der Waals surface area contributed by atoms with Crippen LogP contribution in [0, 0.1) is 0 Å². The van der Waals surface area contributed by atoms with Crippen molar-refractivity contribution in [3.05, 3.63) is 247 Å². The van der Waals surface area contributed by atoms with Crippen molar-refractivity contribution in [2.24, 2.45) is 0 Å². The molecule has 0 unspecified atom stereocenters. The number of nitrogens with zero attached hydrogens (tertiary/aromatic N) is 3. The van der Waals surface area contributed by atoms with Gasteiger partial charge >= 0.3 is 0 Å². The van der Waals surface area contributed by atoms with Crippen molar-refractivity contribution in [1.29, 1.82) is 0 Å². The maximum Gasteiger partial charge on any atom is 0.164 e. The first kappa shape index (κ1) is 36.1. The van der Waals surface area contributed by atoms with E-state index >= 15 is 0 Å². The fraction of sp³-hybridized carbons (Fsp3) is 0.0172.